The molecule has 2 aliphatic rings. The molecule has 0 spiro atoms. The molecule has 2 aliphatic heterocycles. The third-order valence-electron chi connectivity index (χ3n) is 5.34. The molecule has 2 atom stereocenters. The number of aromatic nitrogens is 1. The molecule has 0 radical (unpaired) electrons. The number of piperidine rings is 2. The van der Waals surface area contributed by atoms with Crippen LogP contribution in [0, 0.1) is 19.8 Å². The summed E-state index contributed by atoms with van der Waals surface area (Å²) in [6, 6.07) is 0.210. The molecule has 1 N–H and O–H groups in total. The smallest absolute Gasteiger partial charge is 0.291 e. The lowest BCUT2D eigenvalue weighted by Gasteiger charge is -2.47. The Balaban J connectivity index is 1.66. The quantitative estimate of drug-likeness (QED) is 0.815. The second-order valence-electron chi connectivity index (χ2n) is 7.07. The number of hydrogen-bond acceptors (Lipinski definition) is 5. The lowest BCUT2D eigenvalue weighted by atomic mass is 9.83. The van der Waals surface area contributed by atoms with Crippen LogP contribution in [-0.4, -0.2) is 64.0 Å². The maximum absolute atomic E-state index is 12.7. The maximum atomic E-state index is 12.7. The highest BCUT2D eigenvalue weighted by molar-refractivity contribution is 5.92. The zero-order valence-corrected chi connectivity index (χ0v) is 15.0. The van der Waals surface area contributed by atoms with E-state index >= 15 is 0 Å². The van der Waals surface area contributed by atoms with E-state index in [0.29, 0.717) is 49.3 Å². The lowest BCUT2D eigenvalue weighted by Crippen LogP contribution is -2.57. The zero-order chi connectivity index (χ0) is 18.0. The van der Waals surface area contributed by atoms with Gasteiger partial charge in [0.1, 0.15) is 0 Å². The van der Waals surface area contributed by atoms with Crippen LogP contribution in [0.4, 0.5) is 0 Å². The Morgan fingerprint density at radius 2 is 2.12 bits per heavy atom. The average Bonchev–Trinajstić information content (AvgIpc) is 2.94. The Labute approximate surface area is 148 Å². The fourth-order valence-electron chi connectivity index (χ4n) is 4.09. The summed E-state index contributed by atoms with van der Waals surface area (Å²) in [6.45, 7) is 5.68. The Kier molecular flexibility index (Phi) is 5.42. The average molecular weight is 349 g/mol. The van der Waals surface area contributed by atoms with Gasteiger partial charge in [-0.2, -0.15) is 0 Å². The molecular formula is C18H27N3O4. The number of rotatable bonds is 5. The van der Waals surface area contributed by atoms with Crippen molar-refractivity contribution in [3.63, 3.8) is 0 Å². The fraction of sp³-hybridized carbons (Fsp3) is 0.722. The second-order valence-corrected chi connectivity index (χ2v) is 7.07. The first-order valence-corrected chi connectivity index (χ1v) is 9.15. The van der Waals surface area contributed by atoms with Crippen molar-refractivity contribution in [1.82, 2.24) is 14.8 Å². The standard InChI is InChI=1S/C18H27N3O4/c1-12-17(25-13(2)19-12)18(24)20-9-7-15-14(11-20)5-6-16(23)21(15)8-3-4-10-22/h14-15,22H,3-11H2,1-2H3/t14-,15+/m0/s1. The second kappa shape index (κ2) is 7.56. The predicted molar refractivity (Wildman–Crippen MR) is 91.0 cm³/mol. The van der Waals surface area contributed by atoms with Crippen molar-refractivity contribution in [2.45, 2.75) is 52.0 Å². The van der Waals surface area contributed by atoms with E-state index in [-0.39, 0.29) is 24.5 Å². The predicted octanol–water partition coefficient (Wildman–Crippen LogP) is 1.52. The molecular weight excluding hydrogens is 322 g/mol. The van der Waals surface area contributed by atoms with Gasteiger partial charge in [0.05, 0.1) is 5.69 Å². The molecule has 2 saturated heterocycles. The number of hydrogen-bond donors (Lipinski definition) is 1. The highest BCUT2D eigenvalue weighted by atomic mass is 16.4. The van der Waals surface area contributed by atoms with Crippen LogP contribution in [-0.2, 0) is 4.79 Å². The van der Waals surface area contributed by atoms with Gasteiger partial charge in [0.25, 0.3) is 5.91 Å². The molecule has 0 unspecified atom stereocenters. The molecule has 7 nitrogen and oxygen atoms in total. The van der Waals surface area contributed by atoms with Crippen LogP contribution in [0.3, 0.4) is 0 Å². The van der Waals surface area contributed by atoms with Gasteiger partial charge in [0.2, 0.25) is 11.7 Å². The van der Waals surface area contributed by atoms with Gasteiger partial charge in [-0.05, 0) is 38.5 Å². The number of amides is 2. The van der Waals surface area contributed by atoms with Gasteiger partial charge in [0, 0.05) is 45.6 Å². The largest absolute Gasteiger partial charge is 0.436 e. The number of fused-ring (bicyclic) bond motifs is 1. The van der Waals surface area contributed by atoms with Crippen LogP contribution < -0.4 is 0 Å². The van der Waals surface area contributed by atoms with E-state index in [2.05, 4.69) is 4.98 Å². The van der Waals surface area contributed by atoms with E-state index in [1.807, 2.05) is 9.80 Å². The van der Waals surface area contributed by atoms with Crippen LogP contribution in [0.25, 0.3) is 0 Å². The molecule has 0 aliphatic carbocycles. The minimum Gasteiger partial charge on any atom is -0.436 e. The Morgan fingerprint density at radius 3 is 2.80 bits per heavy atom. The van der Waals surface area contributed by atoms with Crippen LogP contribution in [0.2, 0.25) is 0 Å². The number of carbonyl (C=O) groups is 2. The Hall–Kier alpha value is -1.89. The summed E-state index contributed by atoms with van der Waals surface area (Å²) in [6.07, 6.45) is 3.72. The molecule has 0 bridgehead atoms. The third-order valence-corrected chi connectivity index (χ3v) is 5.34. The van der Waals surface area contributed by atoms with E-state index in [1.165, 1.54) is 0 Å². The maximum Gasteiger partial charge on any atom is 0.291 e. The highest BCUT2D eigenvalue weighted by Gasteiger charge is 2.40. The van der Waals surface area contributed by atoms with Gasteiger partial charge in [0.15, 0.2) is 5.89 Å². The normalized spacial score (nSPS) is 23.7. The molecule has 1 aromatic heterocycles. The van der Waals surface area contributed by atoms with Gasteiger partial charge < -0.3 is 19.3 Å². The number of oxazole rings is 1. The van der Waals surface area contributed by atoms with Crippen molar-refractivity contribution in [1.29, 1.82) is 0 Å². The Morgan fingerprint density at radius 1 is 1.32 bits per heavy atom. The number of unbranched alkanes of at least 4 members (excludes halogenated alkanes) is 1. The third kappa shape index (κ3) is 3.71. The topological polar surface area (TPSA) is 86.9 Å². The summed E-state index contributed by atoms with van der Waals surface area (Å²) in [5.74, 6) is 1.27. The number of nitrogens with zero attached hydrogens (tertiary/aromatic N) is 3. The highest BCUT2D eigenvalue weighted by Crippen LogP contribution is 2.32. The summed E-state index contributed by atoms with van der Waals surface area (Å²) in [4.78, 5) is 33.0. The fourth-order valence-corrected chi connectivity index (χ4v) is 4.09. The molecule has 138 valence electrons. The summed E-state index contributed by atoms with van der Waals surface area (Å²) < 4.78 is 5.48. The molecule has 1 aromatic rings. The van der Waals surface area contributed by atoms with E-state index < -0.39 is 0 Å². The van der Waals surface area contributed by atoms with Crippen molar-refractivity contribution in [2.75, 3.05) is 26.2 Å². The lowest BCUT2D eigenvalue weighted by molar-refractivity contribution is -0.140. The van der Waals surface area contributed by atoms with Crippen molar-refractivity contribution in [3.8, 4) is 0 Å². The van der Waals surface area contributed by atoms with Gasteiger partial charge in [-0.3, -0.25) is 9.59 Å². The summed E-state index contributed by atoms with van der Waals surface area (Å²) >= 11 is 0. The number of likely N-dealkylation sites (tertiary alicyclic amines) is 2. The number of aryl methyl sites for hydroxylation is 2. The van der Waals surface area contributed by atoms with E-state index in [1.54, 1.807) is 13.8 Å². The molecule has 3 heterocycles. The Bertz CT molecular complexity index is 642. The summed E-state index contributed by atoms with van der Waals surface area (Å²) in [7, 11) is 0. The molecule has 2 amide bonds. The molecule has 0 aromatic carbocycles. The van der Waals surface area contributed by atoms with Crippen molar-refractivity contribution in [3.05, 3.63) is 17.3 Å². The summed E-state index contributed by atoms with van der Waals surface area (Å²) in [5.41, 5.74) is 0.633. The van der Waals surface area contributed by atoms with Crippen LogP contribution in [0.15, 0.2) is 4.42 Å². The molecule has 3 rings (SSSR count). The van der Waals surface area contributed by atoms with Gasteiger partial charge in [-0.1, -0.05) is 0 Å². The number of carbonyl (C=O) groups excluding carboxylic acids is 2. The minimum atomic E-state index is -0.0970. The number of aliphatic hydroxyl groups excluding tert-OH is 1. The van der Waals surface area contributed by atoms with E-state index in [0.717, 1.165) is 25.7 Å². The first kappa shape index (κ1) is 17.9. The van der Waals surface area contributed by atoms with Crippen LogP contribution in [0.1, 0.15) is 54.2 Å². The van der Waals surface area contributed by atoms with Crippen molar-refractivity contribution in [2.24, 2.45) is 5.92 Å². The molecule has 0 saturated carbocycles. The van der Waals surface area contributed by atoms with Crippen LogP contribution in [0.5, 0.6) is 0 Å². The SMILES string of the molecule is Cc1nc(C)c(C(=O)N2CC[C@@H]3[C@@H](CCC(=O)N3CCCCO)C2)o1. The minimum absolute atomic E-state index is 0.0970. The first-order valence-electron chi connectivity index (χ1n) is 9.15. The van der Waals surface area contributed by atoms with Gasteiger partial charge in [-0.25, -0.2) is 4.98 Å². The van der Waals surface area contributed by atoms with E-state index in [4.69, 9.17) is 9.52 Å². The van der Waals surface area contributed by atoms with Gasteiger partial charge >= 0.3 is 0 Å². The summed E-state index contributed by atoms with van der Waals surface area (Å²) in [5, 5.41) is 8.96. The molecule has 2 fully saturated rings. The molecule has 7 heteroatoms. The van der Waals surface area contributed by atoms with Crippen molar-refractivity contribution >= 4 is 11.8 Å². The van der Waals surface area contributed by atoms with Gasteiger partial charge in [-0.15, -0.1) is 0 Å². The van der Waals surface area contributed by atoms with E-state index in [9.17, 15) is 9.59 Å². The zero-order valence-electron chi connectivity index (χ0n) is 15.0. The molecule has 25 heavy (non-hydrogen) atoms. The number of aliphatic hydroxyl groups is 1. The van der Waals surface area contributed by atoms with Crippen molar-refractivity contribution < 1.29 is 19.1 Å². The first-order chi connectivity index (χ1) is 12.0. The van der Waals surface area contributed by atoms with Crippen LogP contribution >= 0.6 is 0 Å². The monoisotopic (exact) mass is 349 g/mol.